The van der Waals surface area contributed by atoms with Crippen molar-refractivity contribution in [3.63, 3.8) is 0 Å². The van der Waals surface area contributed by atoms with Crippen molar-refractivity contribution < 1.29 is 5.11 Å². The molecule has 2 heterocycles. The topological polar surface area (TPSA) is 33.1 Å². The molecule has 0 aliphatic heterocycles. The fourth-order valence-electron chi connectivity index (χ4n) is 2.04. The van der Waals surface area contributed by atoms with Gasteiger partial charge in [-0.3, -0.25) is 4.98 Å². The van der Waals surface area contributed by atoms with Crippen LogP contribution in [0.15, 0.2) is 54.0 Å². The molecule has 2 nitrogen and oxygen atoms in total. The van der Waals surface area contributed by atoms with E-state index >= 15 is 0 Å². The van der Waals surface area contributed by atoms with Crippen LogP contribution in [-0.2, 0) is 6.42 Å². The summed E-state index contributed by atoms with van der Waals surface area (Å²) >= 11 is 1.68. The predicted molar refractivity (Wildman–Crippen MR) is 74.7 cm³/mol. The minimum absolute atomic E-state index is 0.451. The van der Waals surface area contributed by atoms with E-state index in [1.807, 2.05) is 41.8 Å². The molecule has 0 saturated heterocycles. The number of rotatable bonds is 3. The first kappa shape index (κ1) is 11.4. The van der Waals surface area contributed by atoms with Crippen LogP contribution in [-0.4, -0.2) is 10.1 Å². The maximum Gasteiger partial charge on any atom is 0.0838 e. The Morgan fingerprint density at radius 3 is 2.94 bits per heavy atom. The van der Waals surface area contributed by atoms with Crippen LogP contribution in [0.3, 0.4) is 0 Å². The highest BCUT2D eigenvalue weighted by Crippen LogP contribution is 2.23. The van der Waals surface area contributed by atoms with Gasteiger partial charge in [-0.2, -0.15) is 0 Å². The molecule has 1 atom stereocenters. The molecular formula is C15H13NOS. The number of fused-ring (bicyclic) bond motifs is 1. The highest BCUT2D eigenvalue weighted by atomic mass is 32.1. The van der Waals surface area contributed by atoms with Gasteiger partial charge < -0.3 is 5.11 Å². The number of thiophene rings is 1. The fraction of sp³-hybridized carbons (Fsp3) is 0.133. The molecule has 0 radical (unpaired) electrons. The maximum atomic E-state index is 10.2. The lowest BCUT2D eigenvalue weighted by Crippen LogP contribution is -2.00. The normalized spacial score (nSPS) is 12.7. The van der Waals surface area contributed by atoms with Crippen molar-refractivity contribution >= 4 is 22.2 Å². The van der Waals surface area contributed by atoms with Crippen molar-refractivity contribution in [2.45, 2.75) is 12.5 Å². The van der Waals surface area contributed by atoms with E-state index in [0.29, 0.717) is 6.42 Å². The third-order valence-electron chi connectivity index (χ3n) is 2.99. The highest BCUT2D eigenvalue weighted by molar-refractivity contribution is 7.09. The summed E-state index contributed by atoms with van der Waals surface area (Å²) in [4.78, 5) is 5.48. The van der Waals surface area contributed by atoms with E-state index in [2.05, 4.69) is 11.1 Å². The van der Waals surface area contributed by atoms with E-state index in [0.717, 1.165) is 16.5 Å². The van der Waals surface area contributed by atoms with E-state index in [1.54, 1.807) is 17.5 Å². The Hall–Kier alpha value is -1.71. The molecule has 0 saturated carbocycles. The average molecular weight is 255 g/mol. The standard InChI is InChI=1S/C15H13NOS/c17-15(10-13-4-2-8-18-13)12-5-6-14-11(9-12)3-1-7-16-14/h1-9,15,17H,10H2. The Balaban J connectivity index is 1.89. The van der Waals surface area contributed by atoms with Crippen LogP contribution in [0.1, 0.15) is 16.5 Å². The molecule has 1 unspecified atom stereocenters. The van der Waals surface area contributed by atoms with E-state index in [9.17, 15) is 5.11 Å². The van der Waals surface area contributed by atoms with Gasteiger partial charge >= 0.3 is 0 Å². The first-order chi connectivity index (χ1) is 8.83. The zero-order valence-corrected chi connectivity index (χ0v) is 10.6. The molecule has 0 aliphatic rings. The Kier molecular flexibility index (Phi) is 3.09. The predicted octanol–water partition coefficient (Wildman–Crippen LogP) is 3.57. The van der Waals surface area contributed by atoms with Gasteiger partial charge in [0.1, 0.15) is 0 Å². The summed E-state index contributed by atoms with van der Waals surface area (Å²) in [7, 11) is 0. The summed E-state index contributed by atoms with van der Waals surface area (Å²) in [5, 5.41) is 13.3. The van der Waals surface area contributed by atoms with Crippen LogP contribution in [0, 0.1) is 0 Å². The second kappa shape index (κ2) is 4.88. The molecule has 0 aliphatic carbocycles. The lowest BCUT2D eigenvalue weighted by Gasteiger charge is -2.10. The van der Waals surface area contributed by atoms with Crippen LogP contribution in [0.4, 0.5) is 0 Å². The molecule has 1 aromatic carbocycles. The molecule has 0 amide bonds. The van der Waals surface area contributed by atoms with Gasteiger partial charge in [-0.05, 0) is 35.2 Å². The highest BCUT2D eigenvalue weighted by Gasteiger charge is 2.09. The quantitative estimate of drug-likeness (QED) is 0.776. The lowest BCUT2D eigenvalue weighted by molar-refractivity contribution is 0.179. The van der Waals surface area contributed by atoms with Gasteiger partial charge in [-0.1, -0.05) is 18.2 Å². The van der Waals surface area contributed by atoms with Crippen molar-refractivity contribution in [2.24, 2.45) is 0 Å². The van der Waals surface area contributed by atoms with E-state index in [4.69, 9.17) is 0 Å². The van der Waals surface area contributed by atoms with Crippen LogP contribution >= 0.6 is 11.3 Å². The van der Waals surface area contributed by atoms with Crippen LogP contribution < -0.4 is 0 Å². The third kappa shape index (κ3) is 2.28. The third-order valence-corrected chi connectivity index (χ3v) is 3.89. The number of nitrogens with zero attached hydrogens (tertiary/aromatic N) is 1. The molecule has 18 heavy (non-hydrogen) atoms. The van der Waals surface area contributed by atoms with Crippen molar-refractivity contribution in [1.82, 2.24) is 4.98 Å². The second-order valence-corrected chi connectivity index (χ2v) is 5.29. The molecule has 3 aromatic rings. The van der Waals surface area contributed by atoms with Gasteiger partial charge in [0.05, 0.1) is 11.6 Å². The second-order valence-electron chi connectivity index (χ2n) is 4.25. The van der Waals surface area contributed by atoms with Gasteiger partial charge in [0.25, 0.3) is 0 Å². The number of hydrogen-bond donors (Lipinski definition) is 1. The molecule has 2 aromatic heterocycles. The average Bonchev–Trinajstić information content (AvgIpc) is 2.91. The largest absolute Gasteiger partial charge is 0.388 e. The van der Waals surface area contributed by atoms with Crippen molar-refractivity contribution in [1.29, 1.82) is 0 Å². The number of aromatic nitrogens is 1. The summed E-state index contributed by atoms with van der Waals surface area (Å²) in [6.07, 6.45) is 2.00. The first-order valence-corrected chi connectivity index (χ1v) is 6.76. The van der Waals surface area contributed by atoms with E-state index < -0.39 is 6.10 Å². The smallest absolute Gasteiger partial charge is 0.0838 e. The van der Waals surface area contributed by atoms with Crippen LogP contribution in [0.2, 0.25) is 0 Å². The fourth-order valence-corrected chi connectivity index (χ4v) is 2.78. The monoisotopic (exact) mass is 255 g/mol. The van der Waals surface area contributed by atoms with Gasteiger partial charge in [0, 0.05) is 22.9 Å². The molecule has 1 N–H and O–H groups in total. The van der Waals surface area contributed by atoms with Gasteiger partial charge in [0.15, 0.2) is 0 Å². The van der Waals surface area contributed by atoms with Crippen molar-refractivity contribution in [3.8, 4) is 0 Å². The zero-order valence-electron chi connectivity index (χ0n) is 9.78. The maximum absolute atomic E-state index is 10.2. The Morgan fingerprint density at radius 1 is 1.17 bits per heavy atom. The molecule has 3 rings (SSSR count). The summed E-state index contributed by atoms with van der Waals surface area (Å²) in [5.74, 6) is 0. The first-order valence-electron chi connectivity index (χ1n) is 5.88. The summed E-state index contributed by atoms with van der Waals surface area (Å²) < 4.78 is 0. The summed E-state index contributed by atoms with van der Waals surface area (Å²) in [5.41, 5.74) is 1.91. The number of hydrogen-bond acceptors (Lipinski definition) is 3. The number of pyridine rings is 1. The molecule has 90 valence electrons. The number of benzene rings is 1. The van der Waals surface area contributed by atoms with Gasteiger partial charge in [0.2, 0.25) is 0 Å². The van der Waals surface area contributed by atoms with E-state index in [-0.39, 0.29) is 0 Å². The van der Waals surface area contributed by atoms with E-state index in [1.165, 1.54) is 4.88 Å². The Bertz CT molecular complexity index is 648. The van der Waals surface area contributed by atoms with Crippen LogP contribution in [0.25, 0.3) is 10.9 Å². The molecular weight excluding hydrogens is 242 g/mol. The molecule has 3 heteroatoms. The van der Waals surface area contributed by atoms with Gasteiger partial charge in [-0.15, -0.1) is 11.3 Å². The number of aliphatic hydroxyl groups excluding tert-OH is 1. The lowest BCUT2D eigenvalue weighted by atomic mass is 10.0. The Labute approximate surface area is 110 Å². The molecule has 0 fully saturated rings. The van der Waals surface area contributed by atoms with Crippen molar-refractivity contribution in [3.05, 3.63) is 64.5 Å². The minimum Gasteiger partial charge on any atom is -0.388 e. The Morgan fingerprint density at radius 2 is 2.11 bits per heavy atom. The number of aliphatic hydroxyl groups is 1. The zero-order chi connectivity index (χ0) is 12.4. The minimum atomic E-state index is -0.451. The summed E-state index contributed by atoms with van der Waals surface area (Å²) in [6, 6.07) is 13.9. The molecule has 0 bridgehead atoms. The SMILES string of the molecule is OC(Cc1cccs1)c1ccc2ncccc2c1. The van der Waals surface area contributed by atoms with Crippen LogP contribution in [0.5, 0.6) is 0 Å². The van der Waals surface area contributed by atoms with Gasteiger partial charge in [-0.25, -0.2) is 0 Å². The van der Waals surface area contributed by atoms with Crippen molar-refractivity contribution in [2.75, 3.05) is 0 Å². The molecule has 0 spiro atoms. The summed E-state index contributed by atoms with van der Waals surface area (Å²) in [6.45, 7) is 0.